The van der Waals surface area contributed by atoms with E-state index in [4.69, 9.17) is 19.0 Å². The predicted molar refractivity (Wildman–Crippen MR) is 199 cm³/mol. The lowest BCUT2D eigenvalue weighted by molar-refractivity contribution is -0.122. The Labute approximate surface area is 315 Å². The quantitative estimate of drug-likeness (QED) is 0.0452. The summed E-state index contributed by atoms with van der Waals surface area (Å²) in [7, 11) is -14.3. The number of hydrogen-bond acceptors (Lipinski definition) is 11. The summed E-state index contributed by atoms with van der Waals surface area (Å²) in [6.07, 6.45) is 8.57. The van der Waals surface area contributed by atoms with Crippen molar-refractivity contribution in [1.29, 1.82) is 0 Å². The number of amides is 4. The standard InChI is InChI=1S/C30H49N6O14P3S/c37-24(9-2-1-5-13-31-25(38)10-4-3-8-23-27-22(17-54-23)33-29(40)34-27)32-14-6-7-20-15-36(30(41)35-28(20)39)26-12-11-21(50-26)16-49-53(47,48)19-51(42,43)18-52(44,45)46/h6-7,15,21-23,26-27H,1-5,8-14,16-19H2,(H,31,38)(H,32,37)(H,42,43)(H,47,48)(H2,33,34,40)(H,35,39,41)(H2,44,45,46)/b7-6+/t21-,22-,23-,26+,27-/m0/s1. The van der Waals surface area contributed by atoms with Crippen LogP contribution in [-0.2, 0) is 32.5 Å². The van der Waals surface area contributed by atoms with Crippen LogP contribution in [0.5, 0.6) is 0 Å². The molecule has 3 fully saturated rings. The molecule has 3 saturated heterocycles. The molecule has 3 aliphatic rings. The van der Waals surface area contributed by atoms with E-state index in [9.17, 15) is 47.5 Å². The molecule has 0 spiro atoms. The lowest BCUT2D eigenvalue weighted by atomic mass is 10.0. The molecule has 0 bridgehead atoms. The third-order valence-corrected chi connectivity index (χ3v) is 17.4. The van der Waals surface area contributed by atoms with Gasteiger partial charge in [0.15, 0.2) is 0 Å². The number of unbranched alkanes of at least 4 members (excludes halogenated alkanes) is 3. The van der Waals surface area contributed by atoms with Crippen LogP contribution < -0.4 is 32.5 Å². The van der Waals surface area contributed by atoms with Crippen LogP contribution in [0.1, 0.15) is 76.0 Å². The van der Waals surface area contributed by atoms with Gasteiger partial charge in [-0.2, -0.15) is 11.8 Å². The Bertz CT molecular complexity index is 1790. The van der Waals surface area contributed by atoms with Crippen molar-refractivity contribution in [1.82, 2.24) is 30.8 Å². The molecule has 4 rings (SSSR count). The Hall–Kier alpha value is -2.57. The molecule has 1 aromatic rings. The van der Waals surface area contributed by atoms with Crippen molar-refractivity contribution in [3.8, 4) is 0 Å². The number of carbonyl (C=O) groups is 3. The number of hydrogen-bond donors (Lipinski definition) is 9. The van der Waals surface area contributed by atoms with E-state index in [-0.39, 0.29) is 61.3 Å². The van der Waals surface area contributed by atoms with Gasteiger partial charge in [0.1, 0.15) is 18.0 Å². The number of fused-ring (bicyclic) bond motifs is 1. The molecule has 24 heteroatoms. The van der Waals surface area contributed by atoms with Crippen molar-refractivity contribution in [3.63, 3.8) is 0 Å². The van der Waals surface area contributed by atoms with Gasteiger partial charge in [0.05, 0.1) is 30.4 Å². The highest BCUT2D eigenvalue weighted by Gasteiger charge is 2.42. The molecule has 54 heavy (non-hydrogen) atoms. The van der Waals surface area contributed by atoms with Crippen LogP contribution in [0.3, 0.4) is 0 Å². The molecule has 0 aromatic carbocycles. The van der Waals surface area contributed by atoms with Crippen LogP contribution in [0.15, 0.2) is 21.9 Å². The molecule has 20 nitrogen and oxygen atoms in total. The average molecular weight is 843 g/mol. The minimum Gasteiger partial charge on any atom is -0.356 e. The maximum absolute atomic E-state index is 12.5. The first kappa shape index (κ1) is 44.1. The second kappa shape index (κ2) is 20.0. The van der Waals surface area contributed by atoms with Gasteiger partial charge in [-0.25, -0.2) is 9.59 Å². The summed E-state index contributed by atoms with van der Waals surface area (Å²) in [4.78, 5) is 100. The summed E-state index contributed by atoms with van der Waals surface area (Å²) in [6, 6.07) is 0.268. The van der Waals surface area contributed by atoms with Gasteiger partial charge in [0.2, 0.25) is 19.2 Å². The number of urea groups is 1. The Morgan fingerprint density at radius 3 is 2.43 bits per heavy atom. The van der Waals surface area contributed by atoms with Gasteiger partial charge < -0.3 is 50.1 Å². The largest absolute Gasteiger partial charge is 0.356 e. The number of ether oxygens (including phenoxy) is 1. The van der Waals surface area contributed by atoms with E-state index in [1.165, 1.54) is 18.3 Å². The van der Waals surface area contributed by atoms with Crippen molar-refractivity contribution in [2.75, 3.05) is 37.3 Å². The van der Waals surface area contributed by atoms with E-state index in [2.05, 4.69) is 26.3 Å². The summed E-state index contributed by atoms with van der Waals surface area (Å²) in [5, 5.41) is 11.9. The van der Waals surface area contributed by atoms with Crippen molar-refractivity contribution in [2.24, 2.45) is 0 Å². The molecule has 9 N–H and O–H groups in total. The number of nitrogens with one attached hydrogen (secondary N) is 5. The Morgan fingerprint density at radius 1 is 0.963 bits per heavy atom. The monoisotopic (exact) mass is 842 g/mol. The van der Waals surface area contributed by atoms with Gasteiger partial charge in [-0.05, 0) is 38.5 Å². The molecule has 0 radical (unpaired) electrons. The van der Waals surface area contributed by atoms with Gasteiger partial charge in [0.25, 0.3) is 5.56 Å². The molecule has 4 heterocycles. The molecule has 4 amide bonds. The van der Waals surface area contributed by atoms with Gasteiger partial charge in [-0.1, -0.05) is 25.0 Å². The van der Waals surface area contributed by atoms with Crippen molar-refractivity contribution in [2.45, 2.75) is 93.9 Å². The van der Waals surface area contributed by atoms with Crippen LogP contribution >= 0.6 is 34.3 Å². The van der Waals surface area contributed by atoms with Gasteiger partial charge in [-0.3, -0.25) is 37.6 Å². The average Bonchev–Trinajstić information content (AvgIpc) is 3.78. The normalized spacial score (nSPS) is 24.7. The van der Waals surface area contributed by atoms with E-state index in [0.29, 0.717) is 24.6 Å². The lowest BCUT2D eigenvalue weighted by Gasteiger charge is -2.19. The fourth-order valence-corrected chi connectivity index (χ4v) is 14.3. The van der Waals surface area contributed by atoms with Gasteiger partial charge in [-0.15, -0.1) is 0 Å². The summed E-state index contributed by atoms with van der Waals surface area (Å²) in [5.41, 5.74) is -1.34. The summed E-state index contributed by atoms with van der Waals surface area (Å²) < 4.78 is 47.0. The lowest BCUT2D eigenvalue weighted by Crippen LogP contribution is -2.36. The number of rotatable bonds is 22. The summed E-state index contributed by atoms with van der Waals surface area (Å²) in [6.45, 7) is 0.143. The first-order valence-corrected chi connectivity index (χ1v) is 24.2. The van der Waals surface area contributed by atoms with E-state index in [1.54, 1.807) is 0 Å². The second-order valence-corrected chi connectivity index (χ2v) is 21.6. The van der Waals surface area contributed by atoms with Gasteiger partial charge in [0, 0.05) is 43.1 Å². The zero-order valence-electron chi connectivity index (χ0n) is 29.5. The molecule has 7 atom stereocenters. The van der Waals surface area contributed by atoms with Crippen LogP contribution in [0.25, 0.3) is 6.08 Å². The maximum atomic E-state index is 12.5. The highest BCUT2D eigenvalue weighted by Crippen LogP contribution is 2.63. The van der Waals surface area contributed by atoms with Crippen LogP contribution in [0.2, 0.25) is 0 Å². The fraction of sp³-hybridized carbons (Fsp3) is 0.700. The predicted octanol–water partition coefficient (Wildman–Crippen LogP) is 1.31. The minimum absolute atomic E-state index is 0.00224. The van der Waals surface area contributed by atoms with Crippen molar-refractivity contribution >= 4 is 58.2 Å². The van der Waals surface area contributed by atoms with Gasteiger partial charge >= 0.3 is 26.9 Å². The van der Waals surface area contributed by atoms with E-state index in [0.717, 1.165) is 42.4 Å². The van der Waals surface area contributed by atoms with Crippen molar-refractivity contribution < 1.29 is 56.9 Å². The summed E-state index contributed by atoms with van der Waals surface area (Å²) in [5.74, 6) is -2.10. The molecule has 0 saturated carbocycles. The van der Waals surface area contributed by atoms with E-state index >= 15 is 0 Å². The van der Waals surface area contributed by atoms with Crippen molar-refractivity contribution in [3.05, 3.63) is 38.7 Å². The third kappa shape index (κ3) is 14.8. The zero-order chi connectivity index (χ0) is 39.5. The fourth-order valence-electron chi connectivity index (χ4n) is 6.32. The molecule has 0 aliphatic carbocycles. The maximum Gasteiger partial charge on any atom is 0.337 e. The number of aromatic amines is 1. The summed E-state index contributed by atoms with van der Waals surface area (Å²) >= 11 is 1.86. The first-order valence-electron chi connectivity index (χ1n) is 17.6. The number of aromatic nitrogens is 2. The van der Waals surface area contributed by atoms with E-state index < -0.39 is 64.6 Å². The smallest absolute Gasteiger partial charge is 0.337 e. The van der Waals surface area contributed by atoms with Crippen LogP contribution in [0.4, 0.5) is 4.79 Å². The molecule has 3 aliphatic heterocycles. The van der Waals surface area contributed by atoms with E-state index in [1.807, 2.05) is 11.8 Å². The molecular formula is C30H49N6O14P3S. The Kier molecular flexibility index (Phi) is 16.4. The molecule has 1 aromatic heterocycles. The first-order chi connectivity index (χ1) is 25.4. The topological polar surface area (TPSA) is 305 Å². The Morgan fingerprint density at radius 2 is 1.69 bits per heavy atom. The highest BCUT2D eigenvalue weighted by atomic mass is 32.2. The third-order valence-electron chi connectivity index (χ3n) is 8.86. The molecule has 304 valence electrons. The molecule has 2 unspecified atom stereocenters. The SMILES string of the molecule is O=C(CCCCCNC(=O)CCCC[C@@H]1SC[C@@H]2NC(=O)N[C@@H]21)NC/C=C/c1cn([C@H]2CC[C@@H](COP(=O)(O)CP(=O)(O)CP(=O)(O)O)O2)c(=O)[nH]c1=O. The highest BCUT2D eigenvalue weighted by molar-refractivity contribution is 8.00. The van der Waals surface area contributed by atoms with Crippen LogP contribution in [0, 0.1) is 0 Å². The van der Waals surface area contributed by atoms with Crippen LogP contribution in [-0.4, -0.2) is 108 Å². The number of carbonyl (C=O) groups excluding carboxylic acids is 3. The Balaban J connectivity index is 1.07. The number of nitrogens with zero attached hydrogens (tertiary/aromatic N) is 1. The molecular weight excluding hydrogens is 793 g/mol. The minimum atomic E-state index is -4.92. The zero-order valence-corrected chi connectivity index (χ0v) is 33.0. The number of H-pyrrole nitrogens is 1. The second-order valence-electron chi connectivity index (χ2n) is 13.5. The number of thioether (sulfide) groups is 1.